The van der Waals surface area contributed by atoms with Crippen LogP contribution in [0, 0.1) is 13.8 Å². The molecule has 0 saturated heterocycles. The van der Waals surface area contributed by atoms with Gasteiger partial charge in [0.05, 0.1) is 5.56 Å². The van der Waals surface area contributed by atoms with Crippen LogP contribution in [0.25, 0.3) is 0 Å². The highest BCUT2D eigenvalue weighted by molar-refractivity contribution is 5.95. The molecule has 0 spiro atoms. The standard InChI is InChI=1S/C18H18F3NO/c1-12-8-9-13(2)15(10-12)17(23)22(3)11-14-6-4-5-7-16(14)18(19,20)21/h4-10H,11H2,1-3H3. The van der Waals surface area contributed by atoms with Crippen LogP contribution in [0.3, 0.4) is 0 Å². The average Bonchev–Trinajstić information content (AvgIpc) is 2.48. The van der Waals surface area contributed by atoms with Gasteiger partial charge in [-0.3, -0.25) is 4.79 Å². The molecule has 0 heterocycles. The molecule has 0 fully saturated rings. The number of amides is 1. The van der Waals surface area contributed by atoms with Crippen molar-refractivity contribution in [3.8, 4) is 0 Å². The first-order valence-electron chi connectivity index (χ1n) is 7.18. The number of alkyl halides is 3. The number of carbonyl (C=O) groups is 1. The molecule has 0 bridgehead atoms. The zero-order valence-electron chi connectivity index (χ0n) is 13.2. The largest absolute Gasteiger partial charge is 0.416 e. The Morgan fingerprint density at radius 1 is 1.09 bits per heavy atom. The molecule has 0 atom stereocenters. The smallest absolute Gasteiger partial charge is 0.337 e. The Hall–Kier alpha value is -2.30. The van der Waals surface area contributed by atoms with E-state index < -0.39 is 11.7 Å². The Morgan fingerprint density at radius 2 is 1.74 bits per heavy atom. The molecule has 0 radical (unpaired) electrons. The second kappa shape index (κ2) is 6.44. The fourth-order valence-corrected chi connectivity index (χ4v) is 2.43. The van der Waals surface area contributed by atoms with Gasteiger partial charge in [0, 0.05) is 19.2 Å². The van der Waals surface area contributed by atoms with Crippen molar-refractivity contribution in [2.24, 2.45) is 0 Å². The van der Waals surface area contributed by atoms with Gasteiger partial charge in [-0.25, -0.2) is 0 Å². The maximum atomic E-state index is 13.0. The fourth-order valence-electron chi connectivity index (χ4n) is 2.43. The molecule has 1 amide bonds. The number of hydrogen-bond acceptors (Lipinski definition) is 1. The summed E-state index contributed by atoms with van der Waals surface area (Å²) in [6, 6.07) is 10.8. The van der Waals surface area contributed by atoms with Gasteiger partial charge < -0.3 is 4.90 Å². The summed E-state index contributed by atoms with van der Waals surface area (Å²) in [7, 11) is 1.51. The fraction of sp³-hybridized carbons (Fsp3) is 0.278. The minimum atomic E-state index is -4.43. The Labute approximate surface area is 133 Å². The van der Waals surface area contributed by atoms with Gasteiger partial charge in [-0.15, -0.1) is 0 Å². The number of halogens is 3. The van der Waals surface area contributed by atoms with Crippen molar-refractivity contribution in [1.29, 1.82) is 0 Å². The maximum Gasteiger partial charge on any atom is 0.416 e. The van der Waals surface area contributed by atoms with Crippen molar-refractivity contribution in [3.63, 3.8) is 0 Å². The monoisotopic (exact) mass is 321 g/mol. The van der Waals surface area contributed by atoms with E-state index in [-0.39, 0.29) is 18.0 Å². The van der Waals surface area contributed by atoms with E-state index in [9.17, 15) is 18.0 Å². The highest BCUT2D eigenvalue weighted by atomic mass is 19.4. The lowest BCUT2D eigenvalue weighted by Crippen LogP contribution is -2.28. The van der Waals surface area contributed by atoms with E-state index >= 15 is 0 Å². The second-order valence-electron chi connectivity index (χ2n) is 5.63. The third-order valence-electron chi connectivity index (χ3n) is 3.70. The van der Waals surface area contributed by atoms with E-state index in [0.717, 1.165) is 17.2 Å². The summed E-state index contributed by atoms with van der Waals surface area (Å²) < 4.78 is 39.1. The van der Waals surface area contributed by atoms with Gasteiger partial charge in [-0.1, -0.05) is 35.9 Å². The molecule has 0 aromatic heterocycles. The van der Waals surface area contributed by atoms with E-state index in [1.165, 1.54) is 24.1 Å². The minimum Gasteiger partial charge on any atom is -0.337 e. The molecule has 2 rings (SSSR count). The van der Waals surface area contributed by atoms with Crippen LogP contribution in [-0.4, -0.2) is 17.9 Å². The van der Waals surface area contributed by atoms with Crippen LogP contribution in [-0.2, 0) is 12.7 Å². The molecule has 0 saturated carbocycles. The number of carbonyl (C=O) groups excluding carboxylic acids is 1. The Bertz CT molecular complexity index is 722. The molecule has 2 aromatic carbocycles. The SMILES string of the molecule is Cc1ccc(C)c(C(=O)N(C)Cc2ccccc2C(F)(F)F)c1. The van der Waals surface area contributed by atoms with Gasteiger partial charge in [-0.05, 0) is 37.1 Å². The molecule has 122 valence electrons. The van der Waals surface area contributed by atoms with E-state index in [0.29, 0.717) is 5.56 Å². The van der Waals surface area contributed by atoms with Gasteiger partial charge in [-0.2, -0.15) is 13.2 Å². The normalized spacial score (nSPS) is 11.4. The summed E-state index contributed by atoms with van der Waals surface area (Å²) in [6.07, 6.45) is -4.43. The predicted octanol–water partition coefficient (Wildman–Crippen LogP) is 4.59. The van der Waals surface area contributed by atoms with Crippen LogP contribution < -0.4 is 0 Å². The number of hydrogen-bond donors (Lipinski definition) is 0. The van der Waals surface area contributed by atoms with Crippen molar-refractivity contribution >= 4 is 5.91 Å². The third kappa shape index (κ3) is 3.92. The minimum absolute atomic E-state index is 0.0844. The first-order chi connectivity index (χ1) is 10.7. The van der Waals surface area contributed by atoms with E-state index in [2.05, 4.69) is 0 Å². The number of aryl methyl sites for hydroxylation is 2. The van der Waals surface area contributed by atoms with Crippen LogP contribution in [0.5, 0.6) is 0 Å². The van der Waals surface area contributed by atoms with Crippen molar-refractivity contribution < 1.29 is 18.0 Å². The molecule has 5 heteroatoms. The summed E-state index contributed by atoms with van der Waals surface area (Å²) in [5, 5.41) is 0. The molecule has 0 aliphatic heterocycles. The van der Waals surface area contributed by atoms with Crippen molar-refractivity contribution in [2.45, 2.75) is 26.6 Å². The Balaban J connectivity index is 2.28. The molecule has 0 aliphatic carbocycles. The predicted molar refractivity (Wildman–Crippen MR) is 83.2 cm³/mol. The van der Waals surface area contributed by atoms with E-state index in [1.807, 2.05) is 26.0 Å². The van der Waals surface area contributed by atoms with Crippen LogP contribution >= 0.6 is 0 Å². The number of nitrogens with zero attached hydrogens (tertiary/aromatic N) is 1. The summed E-state index contributed by atoms with van der Waals surface area (Å²) >= 11 is 0. The molecule has 0 aliphatic rings. The Kier molecular flexibility index (Phi) is 4.78. The van der Waals surface area contributed by atoms with Gasteiger partial charge in [0.15, 0.2) is 0 Å². The van der Waals surface area contributed by atoms with Crippen LogP contribution in [0.2, 0.25) is 0 Å². The van der Waals surface area contributed by atoms with Crippen LogP contribution in [0.4, 0.5) is 13.2 Å². The lowest BCUT2D eigenvalue weighted by atomic mass is 10.0. The summed E-state index contributed by atoms with van der Waals surface area (Å²) in [6.45, 7) is 3.58. The zero-order valence-corrected chi connectivity index (χ0v) is 13.2. The molecule has 0 N–H and O–H groups in total. The first-order valence-corrected chi connectivity index (χ1v) is 7.18. The molecular formula is C18H18F3NO. The topological polar surface area (TPSA) is 20.3 Å². The van der Waals surface area contributed by atoms with Crippen molar-refractivity contribution in [2.75, 3.05) is 7.05 Å². The van der Waals surface area contributed by atoms with Gasteiger partial charge in [0.2, 0.25) is 0 Å². The van der Waals surface area contributed by atoms with Gasteiger partial charge in [0.25, 0.3) is 5.91 Å². The summed E-state index contributed by atoms with van der Waals surface area (Å²) in [5.74, 6) is -0.289. The van der Waals surface area contributed by atoms with E-state index in [4.69, 9.17) is 0 Å². The average molecular weight is 321 g/mol. The van der Waals surface area contributed by atoms with Gasteiger partial charge in [0.1, 0.15) is 0 Å². The van der Waals surface area contributed by atoms with Crippen molar-refractivity contribution in [1.82, 2.24) is 4.90 Å². The molecule has 23 heavy (non-hydrogen) atoms. The Morgan fingerprint density at radius 3 is 2.39 bits per heavy atom. The third-order valence-corrected chi connectivity index (χ3v) is 3.70. The van der Waals surface area contributed by atoms with Crippen molar-refractivity contribution in [3.05, 3.63) is 70.3 Å². The highest BCUT2D eigenvalue weighted by Gasteiger charge is 2.33. The zero-order chi connectivity index (χ0) is 17.2. The maximum absolute atomic E-state index is 13.0. The van der Waals surface area contributed by atoms with Gasteiger partial charge >= 0.3 is 6.18 Å². The van der Waals surface area contributed by atoms with Crippen LogP contribution in [0.15, 0.2) is 42.5 Å². The number of benzene rings is 2. The molecule has 2 aromatic rings. The number of rotatable bonds is 3. The lowest BCUT2D eigenvalue weighted by Gasteiger charge is -2.21. The highest BCUT2D eigenvalue weighted by Crippen LogP contribution is 2.32. The van der Waals surface area contributed by atoms with Crippen LogP contribution in [0.1, 0.15) is 32.6 Å². The van der Waals surface area contributed by atoms with E-state index in [1.54, 1.807) is 12.1 Å². The lowest BCUT2D eigenvalue weighted by molar-refractivity contribution is -0.138. The summed E-state index contributed by atoms with van der Waals surface area (Å²) in [4.78, 5) is 13.8. The first kappa shape index (κ1) is 17.1. The quantitative estimate of drug-likeness (QED) is 0.809. The molecular weight excluding hydrogens is 303 g/mol. The molecule has 0 unspecified atom stereocenters. The summed E-state index contributed by atoms with van der Waals surface area (Å²) in [5.41, 5.74) is 1.62. The molecule has 2 nitrogen and oxygen atoms in total. The second-order valence-corrected chi connectivity index (χ2v) is 5.63.